The Labute approximate surface area is 189 Å². The maximum Gasteiger partial charge on any atom is 0.257 e. The van der Waals surface area contributed by atoms with Crippen molar-refractivity contribution in [2.45, 2.75) is 19.9 Å². The van der Waals surface area contributed by atoms with Crippen molar-refractivity contribution in [3.8, 4) is 0 Å². The summed E-state index contributed by atoms with van der Waals surface area (Å²) in [6, 6.07) is 3.86. The number of amides is 2. The highest BCUT2D eigenvalue weighted by Crippen LogP contribution is 2.27. The maximum absolute atomic E-state index is 13.9. The van der Waals surface area contributed by atoms with E-state index >= 15 is 0 Å². The average Bonchev–Trinajstić information content (AvgIpc) is 2.71. The van der Waals surface area contributed by atoms with Gasteiger partial charge in [-0.15, -0.1) is 0 Å². The maximum atomic E-state index is 13.9. The summed E-state index contributed by atoms with van der Waals surface area (Å²) in [4.78, 5) is 33.4. The summed E-state index contributed by atoms with van der Waals surface area (Å²) in [5.41, 5.74) is -0.700. The molecule has 3 rings (SSSR count). The fourth-order valence-corrected chi connectivity index (χ4v) is 3.92. The van der Waals surface area contributed by atoms with Gasteiger partial charge in [0.15, 0.2) is 0 Å². The Bertz CT molecular complexity index is 962. The van der Waals surface area contributed by atoms with Gasteiger partial charge in [-0.25, -0.2) is 13.8 Å². The molecule has 6 nitrogen and oxygen atoms in total. The normalized spacial score (nSPS) is 15.2. The summed E-state index contributed by atoms with van der Waals surface area (Å²) in [7, 11) is 0. The predicted octanol–water partition coefficient (Wildman–Crippen LogP) is 3.77. The number of carbonyl (C=O) groups excluding carboxylic acids is 2. The third kappa shape index (κ3) is 5.25. The molecule has 0 saturated carbocycles. The molecule has 1 aromatic heterocycles. The number of nitrogens with one attached hydrogen (secondary N) is 1. The summed E-state index contributed by atoms with van der Waals surface area (Å²) in [6.45, 7) is 5.25. The first-order valence-corrected chi connectivity index (χ1v) is 10.5. The number of hydrogen-bond donors (Lipinski definition) is 1. The molecule has 166 valence electrons. The fourth-order valence-electron chi connectivity index (χ4n) is 3.42. The van der Waals surface area contributed by atoms with Crippen LogP contribution in [0.2, 0.25) is 10.0 Å². The molecule has 1 aromatic carbocycles. The Morgan fingerprint density at radius 1 is 1.10 bits per heavy atom. The molecule has 0 bridgehead atoms. The topological polar surface area (TPSA) is 65.5 Å². The molecule has 1 fully saturated rings. The number of piperazine rings is 1. The summed E-state index contributed by atoms with van der Waals surface area (Å²) in [6.07, 6.45) is 1.51. The molecule has 31 heavy (non-hydrogen) atoms. The van der Waals surface area contributed by atoms with E-state index in [9.17, 15) is 18.4 Å². The first kappa shape index (κ1) is 23.2. The Morgan fingerprint density at radius 2 is 1.71 bits per heavy atom. The largest absolute Gasteiger partial charge is 0.352 e. The van der Waals surface area contributed by atoms with Crippen molar-refractivity contribution in [3.05, 3.63) is 57.7 Å². The predicted molar refractivity (Wildman–Crippen MR) is 116 cm³/mol. The molecular formula is C21H22Cl2F2N4O2. The molecule has 1 saturated heterocycles. The smallest absolute Gasteiger partial charge is 0.257 e. The average molecular weight is 471 g/mol. The van der Waals surface area contributed by atoms with Gasteiger partial charge < -0.3 is 15.1 Å². The minimum absolute atomic E-state index is 0.281. The lowest BCUT2D eigenvalue weighted by molar-refractivity contribution is -0.134. The van der Waals surface area contributed by atoms with Crippen molar-refractivity contribution < 1.29 is 18.4 Å². The number of anilines is 1. The van der Waals surface area contributed by atoms with Crippen molar-refractivity contribution >= 4 is 40.8 Å². The van der Waals surface area contributed by atoms with Gasteiger partial charge in [-0.2, -0.15) is 0 Å². The Morgan fingerprint density at radius 3 is 2.26 bits per heavy atom. The first-order chi connectivity index (χ1) is 14.7. The van der Waals surface area contributed by atoms with E-state index < -0.39 is 29.1 Å². The van der Waals surface area contributed by atoms with Gasteiger partial charge in [-0.1, -0.05) is 43.1 Å². The molecule has 0 unspecified atom stereocenters. The van der Waals surface area contributed by atoms with Crippen LogP contribution < -0.4 is 10.2 Å². The SMILES string of the molecule is CC(C)[C@H](NC(=O)c1c(F)cccc1F)C(=O)N1CCN(c2ncc(Cl)cc2Cl)CC1. The molecule has 2 heterocycles. The molecule has 1 aliphatic heterocycles. The van der Waals surface area contributed by atoms with Gasteiger partial charge in [0.25, 0.3) is 5.91 Å². The molecule has 1 aliphatic rings. The molecule has 1 N–H and O–H groups in total. The zero-order chi connectivity index (χ0) is 22.7. The van der Waals surface area contributed by atoms with E-state index in [1.807, 2.05) is 4.90 Å². The molecule has 2 aromatic rings. The lowest BCUT2D eigenvalue weighted by atomic mass is 10.0. The van der Waals surface area contributed by atoms with Gasteiger partial charge in [0.1, 0.15) is 29.1 Å². The summed E-state index contributed by atoms with van der Waals surface area (Å²) in [5, 5.41) is 3.36. The van der Waals surface area contributed by atoms with Crippen LogP contribution in [0.25, 0.3) is 0 Å². The molecular weight excluding hydrogens is 449 g/mol. The Hall–Kier alpha value is -2.45. The fraction of sp³-hybridized carbons (Fsp3) is 0.381. The van der Waals surface area contributed by atoms with Crippen molar-refractivity contribution in [3.63, 3.8) is 0 Å². The second-order valence-corrected chi connectivity index (χ2v) is 8.41. The highest BCUT2D eigenvalue weighted by Gasteiger charge is 2.32. The number of halogens is 4. The molecule has 10 heteroatoms. The summed E-state index contributed by atoms with van der Waals surface area (Å²) >= 11 is 12.1. The van der Waals surface area contributed by atoms with E-state index in [1.165, 1.54) is 12.3 Å². The second-order valence-electron chi connectivity index (χ2n) is 7.56. The van der Waals surface area contributed by atoms with E-state index in [2.05, 4.69) is 10.3 Å². The van der Waals surface area contributed by atoms with E-state index in [4.69, 9.17) is 23.2 Å². The zero-order valence-electron chi connectivity index (χ0n) is 17.0. The highest BCUT2D eigenvalue weighted by molar-refractivity contribution is 6.36. The number of pyridine rings is 1. The third-order valence-corrected chi connectivity index (χ3v) is 5.57. The van der Waals surface area contributed by atoms with Crippen LogP contribution in [-0.2, 0) is 4.79 Å². The number of benzene rings is 1. The van der Waals surface area contributed by atoms with Gasteiger partial charge >= 0.3 is 0 Å². The highest BCUT2D eigenvalue weighted by atomic mass is 35.5. The number of aromatic nitrogens is 1. The Balaban J connectivity index is 1.68. The van der Waals surface area contributed by atoms with Gasteiger partial charge in [-0.3, -0.25) is 9.59 Å². The van der Waals surface area contributed by atoms with Gasteiger partial charge in [0.05, 0.1) is 10.0 Å². The van der Waals surface area contributed by atoms with Crippen LogP contribution in [0.4, 0.5) is 14.6 Å². The van der Waals surface area contributed by atoms with Crippen LogP contribution in [-0.4, -0.2) is 53.9 Å². The quantitative estimate of drug-likeness (QED) is 0.722. The molecule has 1 atom stereocenters. The van der Waals surface area contributed by atoms with Crippen LogP contribution in [0.1, 0.15) is 24.2 Å². The zero-order valence-corrected chi connectivity index (χ0v) is 18.6. The monoisotopic (exact) mass is 470 g/mol. The van der Waals surface area contributed by atoms with Crippen LogP contribution in [0, 0.1) is 17.6 Å². The number of rotatable bonds is 5. The van der Waals surface area contributed by atoms with E-state index in [1.54, 1.807) is 24.8 Å². The first-order valence-electron chi connectivity index (χ1n) is 9.78. The van der Waals surface area contributed by atoms with Crippen LogP contribution in [0.5, 0.6) is 0 Å². The van der Waals surface area contributed by atoms with Crippen LogP contribution in [0.3, 0.4) is 0 Å². The van der Waals surface area contributed by atoms with E-state index in [-0.39, 0.29) is 11.8 Å². The molecule has 0 radical (unpaired) electrons. The van der Waals surface area contributed by atoms with Crippen LogP contribution >= 0.6 is 23.2 Å². The lowest BCUT2D eigenvalue weighted by Gasteiger charge is -2.38. The van der Waals surface area contributed by atoms with Crippen molar-refractivity contribution in [1.82, 2.24) is 15.2 Å². The van der Waals surface area contributed by atoms with E-state index in [0.717, 1.165) is 12.1 Å². The minimum Gasteiger partial charge on any atom is -0.352 e. The number of nitrogens with zero attached hydrogens (tertiary/aromatic N) is 3. The van der Waals surface area contributed by atoms with Crippen molar-refractivity contribution in [1.29, 1.82) is 0 Å². The van der Waals surface area contributed by atoms with Gasteiger partial charge in [0.2, 0.25) is 5.91 Å². The van der Waals surface area contributed by atoms with E-state index in [0.29, 0.717) is 42.0 Å². The number of carbonyl (C=O) groups is 2. The minimum atomic E-state index is -0.978. The van der Waals surface area contributed by atoms with Crippen molar-refractivity contribution in [2.24, 2.45) is 5.92 Å². The summed E-state index contributed by atoms with van der Waals surface area (Å²) in [5.74, 6) is -2.92. The molecule has 0 spiro atoms. The molecule has 2 amide bonds. The van der Waals surface area contributed by atoms with Crippen LogP contribution in [0.15, 0.2) is 30.5 Å². The van der Waals surface area contributed by atoms with Gasteiger partial charge in [-0.05, 0) is 24.1 Å². The second kappa shape index (κ2) is 9.78. The van der Waals surface area contributed by atoms with Gasteiger partial charge in [0, 0.05) is 32.4 Å². The van der Waals surface area contributed by atoms with Crippen molar-refractivity contribution in [2.75, 3.05) is 31.1 Å². The lowest BCUT2D eigenvalue weighted by Crippen LogP contribution is -2.56. The number of hydrogen-bond acceptors (Lipinski definition) is 4. The molecule has 0 aliphatic carbocycles. The summed E-state index contributed by atoms with van der Waals surface area (Å²) < 4.78 is 27.9. The Kier molecular flexibility index (Phi) is 7.33. The third-order valence-electron chi connectivity index (χ3n) is 5.09. The standard InChI is InChI=1S/C21H22Cl2F2N4O2/c1-12(2)18(27-20(30)17-15(24)4-3-5-16(17)25)21(31)29-8-6-28(7-9-29)19-14(23)10-13(22)11-26-19/h3-5,10-12,18H,6-9H2,1-2H3,(H,27,30)/t18-/m0/s1.